The maximum Gasteiger partial charge on any atom is 0.251 e. The maximum atomic E-state index is 12.6. The first-order chi connectivity index (χ1) is 10.3. The van der Waals surface area contributed by atoms with Crippen molar-refractivity contribution < 1.29 is 4.79 Å². The molecule has 1 aromatic carbocycles. The molecule has 1 amide bonds. The summed E-state index contributed by atoms with van der Waals surface area (Å²) in [5.41, 5.74) is 3.19. The SMILES string of the molecule is C[C@@H](NC(=O)c1cccc2c1CCCN2)C1CCCCC1. The number of benzene rings is 1. The number of carbonyl (C=O) groups excluding carboxylic acids is 1. The average Bonchev–Trinajstić information content (AvgIpc) is 2.55. The lowest BCUT2D eigenvalue weighted by atomic mass is 9.84. The Kier molecular flexibility index (Phi) is 4.47. The Morgan fingerprint density at radius 3 is 2.86 bits per heavy atom. The smallest absolute Gasteiger partial charge is 0.251 e. The first-order valence-corrected chi connectivity index (χ1v) is 8.42. The van der Waals surface area contributed by atoms with Gasteiger partial charge in [-0.1, -0.05) is 25.3 Å². The highest BCUT2D eigenvalue weighted by Gasteiger charge is 2.23. The van der Waals surface area contributed by atoms with Gasteiger partial charge in [-0.05, 0) is 56.2 Å². The van der Waals surface area contributed by atoms with Gasteiger partial charge >= 0.3 is 0 Å². The fraction of sp³-hybridized carbons (Fsp3) is 0.611. The fourth-order valence-corrected chi connectivity index (χ4v) is 3.76. The molecular formula is C18H26N2O. The van der Waals surface area contributed by atoms with Gasteiger partial charge in [-0.2, -0.15) is 0 Å². The lowest BCUT2D eigenvalue weighted by Gasteiger charge is -2.29. The van der Waals surface area contributed by atoms with Gasteiger partial charge in [0.2, 0.25) is 0 Å². The van der Waals surface area contributed by atoms with Crippen LogP contribution in [-0.4, -0.2) is 18.5 Å². The van der Waals surface area contributed by atoms with Crippen molar-refractivity contribution in [3.05, 3.63) is 29.3 Å². The van der Waals surface area contributed by atoms with Crippen molar-refractivity contribution in [3.63, 3.8) is 0 Å². The van der Waals surface area contributed by atoms with E-state index < -0.39 is 0 Å². The van der Waals surface area contributed by atoms with Crippen LogP contribution >= 0.6 is 0 Å². The molecule has 1 fully saturated rings. The summed E-state index contributed by atoms with van der Waals surface area (Å²) in [5, 5.41) is 6.64. The molecule has 1 atom stereocenters. The molecule has 3 rings (SSSR count). The summed E-state index contributed by atoms with van der Waals surface area (Å²) >= 11 is 0. The fourth-order valence-electron chi connectivity index (χ4n) is 3.76. The zero-order valence-electron chi connectivity index (χ0n) is 13.0. The van der Waals surface area contributed by atoms with E-state index in [-0.39, 0.29) is 11.9 Å². The van der Waals surface area contributed by atoms with E-state index in [0.717, 1.165) is 30.6 Å². The zero-order chi connectivity index (χ0) is 14.7. The summed E-state index contributed by atoms with van der Waals surface area (Å²) in [6.07, 6.45) is 8.62. The molecule has 1 aliphatic carbocycles. The van der Waals surface area contributed by atoms with Gasteiger partial charge in [-0.25, -0.2) is 0 Å². The second-order valence-corrected chi connectivity index (χ2v) is 6.52. The molecule has 3 heteroatoms. The van der Waals surface area contributed by atoms with Crippen molar-refractivity contribution in [2.24, 2.45) is 5.92 Å². The molecule has 1 saturated carbocycles. The van der Waals surface area contributed by atoms with Crippen molar-refractivity contribution in [2.75, 3.05) is 11.9 Å². The van der Waals surface area contributed by atoms with E-state index in [9.17, 15) is 4.79 Å². The van der Waals surface area contributed by atoms with E-state index in [1.807, 2.05) is 12.1 Å². The van der Waals surface area contributed by atoms with Crippen LogP contribution in [0.1, 0.15) is 61.4 Å². The summed E-state index contributed by atoms with van der Waals surface area (Å²) in [4.78, 5) is 12.6. The molecule has 2 aliphatic rings. The molecule has 0 spiro atoms. The third kappa shape index (κ3) is 3.22. The quantitative estimate of drug-likeness (QED) is 0.888. The highest BCUT2D eigenvalue weighted by molar-refractivity contribution is 5.97. The van der Waals surface area contributed by atoms with Gasteiger partial charge in [0.1, 0.15) is 0 Å². The second-order valence-electron chi connectivity index (χ2n) is 6.52. The van der Waals surface area contributed by atoms with E-state index in [2.05, 4.69) is 23.6 Å². The van der Waals surface area contributed by atoms with Gasteiger partial charge in [0.05, 0.1) is 0 Å². The molecule has 114 valence electrons. The highest BCUT2D eigenvalue weighted by Crippen LogP contribution is 2.28. The maximum absolute atomic E-state index is 12.6. The molecule has 0 aromatic heterocycles. The number of anilines is 1. The van der Waals surface area contributed by atoms with Gasteiger partial charge in [0.15, 0.2) is 0 Å². The zero-order valence-corrected chi connectivity index (χ0v) is 13.0. The largest absolute Gasteiger partial charge is 0.385 e. The predicted molar refractivity (Wildman–Crippen MR) is 86.8 cm³/mol. The Hall–Kier alpha value is -1.51. The van der Waals surface area contributed by atoms with Crippen LogP contribution in [0.25, 0.3) is 0 Å². The number of hydrogen-bond acceptors (Lipinski definition) is 2. The summed E-state index contributed by atoms with van der Waals surface area (Å²) in [6.45, 7) is 3.18. The number of amides is 1. The molecule has 1 heterocycles. The summed E-state index contributed by atoms with van der Waals surface area (Å²) in [7, 11) is 0. The Bertz CT molecular complexity index is 506. The number of rotatable bonds is 3. The number of nitrogens with one attached hydrogen (secondary N) is 2. The van der Waals surface area contributed by atoms with Crippen LogP contribution in [0.4, 0.5) is 5.69 Å². The number of carbonyl (C=O) groups is 1. The van der Waals surface area contributed by atoms with Crippen molar-refractivity contribution in [1.29, 1.82) is 0 Å². The average molecular weight is 286 g/mol. The first kappa shape index (κ1) is 14.4. The number of fused-ring (bicyclic) bond motifs is 1. The van der Waals surface area contributed by atoms with Crippen LogP contribution in [-0.2, 0) is 6.42 Å². The standard InChI is InChI=1S/C18H26N2O/c1-13(14-7-3-2-4-8-14)20-18(21)16-9-5-11-17-15(16)10-6-12-19-17/h5,9,11,13-14,19H,2-4,6-8,10,12H2,1H3,(H,20,21)/t13-/m1/s1. The Morgan fingerprint density at radius 2 is 2.05 bits per heavy atom. The lowest BCUT2D eigenvalue weighted by molar-refractivity contribution is 0.0918. The van der Waals surface area contributed by atoms with Gasteiger partial charge in [-0.3, -0.25) is 4.79 Å². The predicted octanol–water partition coefficient (Wildman–Crippen LogP) is 3.74. The summed E-state index contributed by atoms with van der Waals surface area (Å²) < 4.78 is 0. The van der Waals surface area contributed by atoms with E-state index >= 15 is 0 Å². The Morgan fingerprint density at radius 1 is 1.24 bits per heavy atom. The van der Waals surface area contributed by atoms with Crippen LogP contribution in [0.15, 0.2) is 18.2 Å². The minimum Gasteiger partial charge on any atom is -0.385 e. The van der Waals surface area contributed by atoms with E-state index in [1.165, 1.54) is 37.7 Å². The topological polar surface area (TPSA) is 41.1 Å². The second kappa shape index (κ2) is 6.50. The normalized spacial score (nSPS) is 20.2. The molecule has 1 aliphatic heterocycles. The van der Waals surface area contributed by atoms with E-state index in [0.29, 0.717) is 5.92 Å². The third-order valence-electron chi connectivity index (χ3n) is 5.06. The minimum absolute atomic E-state index is 0.105. The Labute approximate surface area is 127 Å². The van der Waals surface area contributed by atoms with Gasteiger partial charge in [0, 0.05) is 23.8 Å². The molecule has 1 aromatic rings. The summed E-state index contributed by atoms with van der Waals surface area (Å²) in [6, 6.07) is 6.31. The molecular weight excluding hydrogens is 260 g/mol. The van der Waals surface area contributed by atoms with Gasteiger partial charge in [0.25, 0.3) is 5.91 Å². The molecule has 3 nitrogen and oxygen atoms in total. The molecule has 21 heavy (non-hydrogen) atoms. The van der Waals surface area contributed by atoms with Crippen molar-refractivity contribution in [1.82, 2.24) is 5.32 Å². The van der Waals surface area contributed by atoms with Crippen LogP contribution in [0.5, 0.6) is 0 Å². The van der Waals surface area contributed by atoms with Crippen LogP contribution in [0.3, 0.4) is 0 Å². The van der Waals surface area contributed by atoms with E-state index in [1.54, 1.807) is 0 Å². The van der Waals surface area contributed by atoms with E-state index in [4.69, 9.17) is 0 Å². The van der Waals surface area contributed by atoms with Crippen molar-refractivity contribution >= 4 is 11.6 Å². The van der Waals surface area contributed by atoms with Crippen molar-refractivity contribution in [3.8, 4) is 0 Å². The third-order valence-corrected chi connectivity index (χ3v) is 5.06. The van der Waals surface area contributed by atoms with Gasteiger partial charge < -0.3 is 10.6 Å². The molecule has 0 radical (unpaired) electrons. The lowest BCUT2D eigenvalue weighted by Crippen LogP contribution is -2.39. The Balaban J connectivity index is 1.70. The minimum atomic E-state index is 0.105. The van der Waals surface area contributed by atoms with Gasteiger partial charge in [-0.15, -0.1) is 0 Å². The molecule has 0 saturated heterocycles. The summed E-state index contributed by atoms with van der Waals surface area (Å²) in [5.74, 6) is 0.758. The van der Waals surface area contributed by atoms with Crippen molar-refractivity contribution in [2.45, 2.75) is 57.9 Å². The first-order valence-electron chi connectivity index (χ1n) is 8.42. The van der Waals surface area contributed by atoms with Crippen LogP contribution < -0.4 is 10.6 Å². The number of hydrogen-bond donors (Lipinski definition) is 2. The molecule has 0 bridgehead atoms. The molecule has 2 N–H and O–H groups in total. The molecule has 0 unspecified atom stereocenters. The van der Waals surface area contributed by atoms with Crippen LogP contribution in [0.2, 0.25) is 0 Å². The highest BCUT2D eigenvalue weighted by atomic mass is 16.1. The monoisotopic (exact) mass is 286 g/mol. The van der Waals surface area contributed by atoms with Crippen LogP contribution in [0, 0.1) is 5.92 Å².